The fourth-order valence-electron chi connectivity index (χ4n) is 3.30. The molecule has 2 saturated heterocycles. The van der Waals surface area contributed by atoms with E-state index in [2.05, 4.69) is 5.32 Å². The molecule has 2 aliphatic rings. The maximum Gasteiger partial charge on any atom is 0.239 e. The Morgan fingerprint density at radius 3 is 2.85 bits per heavy atom. The van der Waals surface area contributed by atoms with E-state index in [-0.39, 0.29) is 37.1 Å². The first-order valence-electron chi connectivity index (χ1n) is 9.17. The van der Waals surface area contributed by atoms with Gasteiger partial charge in [-0.1, -0.05) is 12.1 Å². The van der Waals surface area contributed by atoms with Crippen LogP contribution in [0.4, 0.5) is 0 Å². The third-order valence-corrected chi connectivity index (χ3v) is 4.80. The van der Waals surface area contributed by atoms with Crippen LogP contribution in [-0.4, -0.2) is 60.3 Å². The largest absolute Gasteiger partial charge is 0.486 e. The number of likely N-dealkylation sites (tertiary alicyclic amines) is 1. The third-order valence-electron chi connectivity index (χ3n) is 4.80. The summed E-state index contributed by atoms with van der Waals surface area (Å²) in [4.78, 5) is 25.9. The summed E-state index contributed by atoms with van der Waals surface area (Å²) in [6.07, 6.45) is 2.76. The highest BCUT2D eigenvalue weighted by atomic mass is 16.5. The highest BCUT2D eigenvalue weighted by Crippen LogP contribution is 2.19. The van der Waals surface area contributed by atoms with E-state index in [9.17, 15) is 9.59 Å². The Labute approximate surface area is 153 Å². The summed E-state index contributed by atoms with van der Waals surface area (Å²) in [6, 6.07) is 7.04. The van der Waals surface area contributed by atoms with Gasteiger partial charge >= 0.3 is 0 Å². The summed E-state index contributed by atoms with van der Waals surface area (Å²) in [6.45, 7) is 1.71. The van der Waals surface area contributed by atoms with Crippen molar-refractivity contribution in [2.75, 3.05) is 26.3 Å². The van der Waals surface area contributed by atoms with Gasteiger partial charge in [-0.3, -0.25) is 9.59 Å². The van der Waals surface area contributed by atoms with Crippen molar-refractivity contribution in [3.05, 3.63) is 29.8 Å². The number of aliphatic hydroxyl groups excluding tert-OH is 1. The molecule has 2 N–H and O–H groups in total. The number of amides is 2. The number of piperidine rings is 1. The monoisotopic (exact) mass is 362 g/mol. The van der Waals surface area contributed by atoms with Crippen LogP contribution in [0.15, 0.2) is 24.3 Å². The van der Waals surface area contributed by atoms with Gasteiger partial charge in [0.25, 0.3) is 0 Å². The summed E-state index contributed by atoms with van der Waals surface area (Å²) in [7, 11) is 0. The van der Waals surface area contributed by atoms with E-state index in [4.69, 9.17) is 14.6 Å². The highest BCUT2D eigenvalue weighted by Gasteiger charge is 2.30. The molecule has 0 spiro atoms. The molecular weight excluding hydrogens is 336 g/mol. The standard InChI is InChI=1S/C19H26N2O5/c22-12-14-4-6-15(7-5-14)26-17-13-25-10-8-16(17)20-18(23)11-21-9-2-1-3-19(21)24/h4-7,16-17,22H,1-3,8-13H2,(H,20,23)/t16-,17-/m1/s1. The molecule has 2 aliphatic heterocycles. The van der Waals surface area contributed by atoms with E-state index in [0.717, 1.165) is 18.4 Å². The van der Waals surface area contributed by atoms with Crippen LogP contribution in [0.5, 0.6) is 5.75 Å². The molecule has 0 radical (unpaired) electrons. The number of ether oxygens (including phenoxy) is 2. The fourth-order valence-corrected chi connectivity index (χ4v) is 3.30. The predicted octanol–water partition coefficient (Wildman–Crippen LogP) is 0.844. The normalized spacial score (nSPS) is 23.6. The number of benzene rings is 1. The molecule has 26 heavy (non-hydrogen) atoms. The van der Waals surface area contributed by atoms with Crippen LogP contribution < -0.4 is 10.1 Å². The first kappa shape index (κ1) is 18.7. The van der Waals surface area contributed by atoms with Gasteiger partial charge in [0, 0.05) is 19.6 Å². The average molecular weight is 362 g/mol. The highest BCUT2D eigenvalue weighted by molar-refractivity contribution is 5.85. The molecule has 7 heteroatoms. The van der Waals surface area contributed by atoms with Crippen molar-refractivity contribution in [2.45, 2.75) is 44.4 Å². The van der Waals surface area contributed by atoms with Gasteiger partial charge in [0.2, 0.25) is 11.8 Å². The second kappa shape index (κ2) is 9.00. The molecule has 7 nitrogen and oxygen atoms in total. The summed E-state index contributed by atoms with van der Waals surface area (Å²) in [5.74, 6) is 0.565. The lowest BCUT2D eigenvalue weighted by molar-refractivity contribution is -0.138. The van der Waals surface area contributed by atoms with Crippen LogP contribution in [0.25, 0.3) is 0 Å². The number of nitrogens with one attached hydrogen (secondary N) is 1. The van der Waals surface area contributed by atoms with Gasteiger partial charge in [-0.2, -0.15) is 0 Å². The van der Waals surface area contributed by atoms with E-state index in [1.165, 1.54) is 0 Å². The molecule has 2 heterocycles. The molecule has 0 bridgehead atoms. The zero-order valence-corrected chi connectivity index (χ0v) is 14.9. The number of nitrogens with zero attached hydrogens (tertiary/aromatic N) is 1. The van der Waals surface area contributed by atoms with Crippen molar-refractivity contribution in [3.63, 3.8) is 0 Å². The Morgan fingerprint density at radius 2 is 2.12 bits per heavy atom. The quantitative estimate of drug-likeness (QED) is 0.783. The average Bonchev–Trinajstić information content (AvgIpc) is 2.66. The lowest BCUT2D eigenvalue weighted by Gasteiger charge is -2.33. The van der Waals surface area contributed by atoms with Crippen molar-refractivity contribution in [3.8, 4) is 5.75 Å². The van der Waals surface area contributed by atoms with Crippen molar-refractivity contribution in [1.82, 2.24) is 10.2 Å². The molecule has 142 valence electrons. The molecule has 0 unspecified atom stereocenters. The predicted molar refractivity (Wildman–Crippen MR) is 94.6 cm³/mol. The second-order valence-electron chi connectivity index (χ2n) is 6.77. The van der Waals surface area contributed by atoms with E-state index in [0.29, 0.717) is 38.3 Å². The van der Waals surface area contributed by atoms with Crippen LogP contribution in [-0.2, 0) is 20.9 Å². The van der Waals surface area contributed by atoms with E-state index < -0.39 is 0 Å². The van der Waals surface area contributed by atoms with Gasteiger partial charge in [-0.25, -0.2) is 0 Å². The summed E-state index contributed by atoms with van der Waals surface area (Å²) >= 11 is 0. The summed E-state index contributed by atoms with van der Waals surface area (Å²) in [5, 5.41) is 12.1. The van der Waals surface area contributed by atoms with Gasteiger partial charge in [0.15, 0.2) is 0 Å². The fraction of sp³-hybridized carbons (Fsp3) is 0.579. The van der Waals surface area contributed by atoms with Gasteiger partial charge in [-0.15, -0.1) is 0 Å². The minimum Gasteiger partial charge on any atom is -0.486 e. The third kappa shape index (κ3) is 4.95. The summed E-state index contributed by atoms with van der Waals surface area (Å²) in [5.41, 5.74) is 0.813. The van der Waals surface area contributed by atoms with Crippen molar-refractivity contribution in [1.29, 1.82) is 0 Å². The minimum atomic E-state index is -0.287. The molecule has 0 aliphatic carbocycles. The Balaban J connectivity index is 1.55. The van der Waals surface area contributed by atoms with Crippen LogP contribution in [0.1, 0.15) is 31.2 Å². The van der Waals surface area contributed by atoms with E-state index in [1.54, 1.807) is 29.2 Å². The minimum absolute atomic E-state index is 0.0132. The molecule has 2 atom stereocenters. The number of aliphatic hydroxyl groups is 1. The maximum atomic E-state index is 12.4. The van der Waals surface area contributed by atoms with Gasteiger partial charge < -0.3 is 24.8 Å². The molecule has 3 rings (SSSR count). The van der Waals surface area contributed by atoms with Crippen molar-refractivity contribution < 1.29 is 24.2 Å². The maximum absolute atomic E-state index is 12.4. The number of carbonyl (C=O) groups is 2. The SMILES string of the molecule is O=C(CN1CCCCC1=O)N[C@@H]1CCOC[C@H]1Oc1ccc(CO)cc1. The molecule has 1 aromatic carbocycles. The number of carbonyl (C=O) groups excluding carboxylic acids is 2. The van der Waals surface area contributed by atoms with Crippen molar-refractivity contribution >= 4 is 11.8 Å². The Bertz CT molecular complexity index is 619. The van der Waals surface area contributed by atoms with Crippen LogP contribution in [0.3, 0.4) is 0 Å². The van der Waals surface area contributed by atoms with E-state index >= 15 is 0 Å². The first-order chi connectivity index (χ1) is 12.7. The van der Waals surface area contributed by atoms with Crippen LogP contribution >= 0.6 is 0 Å². The molecular formula is C19H26N2O5. The lowest BCUT2D eigenvalue weighted by Crippen LogP contribution is -2.54. The molecule has 2 amide bonds. The Kier molecular flexibility index (Phi) is 6.46. The number of hydrogen-bond donors (Lipinski definition) is 2. The molecule has 0 saturated carbocycles. The molecule has 1 aromatic rings. The Morgan fingerprint density at radius 1 is 1.31 bits per heavy atom. The topological polar surface area (TPSA) is 88.1 Å². The molecule has 2 fully saturated rings. The molecule has 0 aromatic heterocycles. The van der Waals surface area contributed by atoms with Gasteiger partial charge in [0.05, 0.1) is 25.8 Å². The van der Waals surface area contributed by atoms with E-state index in [1.807, 2.05) is 0 Å². The van der Waals surface area contributed by atoms with Gasteiger partial charge in [-0.05, 0) is 37.0 Å². The summed E-state index contributed by atoms with van der Waals surface area (Å²) < 4.78 is 11.5. The number of hydrogen-bond acceptors (Lipinski definition) is 5. The van der Waals surface area contributed by atoms with Crippen LogP contribution in [0, 0.1) is 0 Å². The van der Waals surface area contributed by atoms with Crippen molar-refractivity contribution in [2.24, 2.45) is 0 Å². The first-order valence-corrected chi connectivity index (χ1v) is 9.17. The second-order valence-corrected chi connectivity index (χ2v) is 6.77. The smallest absolute Gasteiger partial charge is 0.239 e. The van der Waals surface area contributed by atoms with Gasteiger partial charge in [0.1, 0.15) is 11.9 Å². The zero-order chi connectivity index (χ0) is 18.4. The zero-order valence-electron chi connectivity index (χ0n) is 14.9. The number of rotatable bonds is 6. The Hall–Kier alpha value is -2.12. The van der Waals surface area contributed by atoms with Crippen LogP contribution in [0.2, 0.25) is 0 Å². The lowest BCUT2D eigenvalue weighted by atomic mass is 10.1.